The fraction of sp³-hybridized carbons (Fsp3) is 0.333. The van der Waals surface area contributed by atoms with Gasteiger partial charge in [0.2, 0.25) is 0 Å². The first-order valence-electron chi connectivity index (χ1n) is 7.70. The van der Waals surface area contributed by atoms with Gasteiger partial charge in [-0.1, -0.05) is 32.0 Å². The molecule has 1 atom stereocenters. The molecule has 0 aliphatic rings. The molecular weight excluding hydrogens is 308 g/mol. The number of hydrogen-bond donors (Lipinski definition) is 1. The minimum absolute atomic E-state index is 0.0517. The van der Waals surface area contributed by atoms with E-state index in [0.29, 0.717) is 11.7 Å². The van der Waals surface area contributed by atoms with Gasteiger partial charge in [-0.15, -0.1) is 11.3 Å². The largest absolute Gasteiger partial charge is 0.484 e. The molecule has 2 rings (SSSR count). The summed E-state index contributed by atoms with van der Waals surface area (Å²) in [6, 6.07) is 11.8. The highest BCUT2D eigenvalue weighted by atomic mass is 32.1. The van der Waals surface area contributed by atoms with Crippen LogP contribution in [0, 0.1) is 0 Å². The van der Waals surface area contributed by atoms with Crippen molar-refractivity contribution in [3.63, 3.8) is 0 Å². The summed E-state index contributed by atoms with van der Waals surface area (Å²) >= 11 is 1.58. The molecule has 1 amide bonds. The molecule has 0 bridgehead atoms. The van der Waals surface area contributed by atoms with Gasteiger partial charge in [-0.2, -0.15) is 5.10 Å². The van der Waals surface area contributed by atoms with Gasteiger partial charge in [0, 0.05) is 4.88 Å². The average molecular weight is 330 g/mol. The van der Waals surface area contributed by atoms with Crippen LogP contribution in [0.15, 0.2) is 46.9 Å². The number of benzene rings is 1. The zero-order valence-corrected chi connectivity index (χ0v) is 14.5. The Morgan fingerprint density at radius 2 is 2.04 bits per heavy atom. The van der Waals surface area contributed by atoms with Crippen molar-refractivity contribution >= 4 is 23.0 Å². The second kappa shape index (κ2) is 8.48. The van der Waals surface area contributed by atoms with Crippen LogP contribution in [-0.4, -0.2) is 18.2 Å². The maximum atomic E-state index is 11.8. The monoisotopic (exact) mass is 330 g/mol. The van der Waals surface area contributed by atoms with E-state index >= 15 is 0 Å². The summed E-state index contributed by atoms with van der Waals surface area (Å²) in [5.74, 6) is 0.944. The van der Waals surface area contributed by atoms with E-state index in [1.54, 1.807) is 11.3 Å². The summed E-state index contributed by atoms with van der Waals surface area (Å²) in [6.45, 7) is 6.17. The lowest BCUT2D eigenvalue weighted by atomic mass is 9.99. The second-order valence-electron chi connectivity index (χ2n) is 5.38. The van der Waals surface area contributed by atoms with Crippen LogP contribution in [0.4, 0.5) is 0 Å². The first kappa shape index (κ1) is 17.2. The highest BCUT2D eigenvalue weighted by Crippen LogP contribution is 2.21. The molecule has 0 saturated carbocycles. The van der Waals surface area contributed by atoms with Crippen LogP contribution in [0.1, 0.15) is 43.6 Å². The van der Waals surface area contributed by atoms with Crippen molar-refractivity contribution in [3.8, 4) is 5.75 Å². The molecular formula is C18H22N2O2S. The molecule has 0 radical (unpaired) electrons. The van der Waals surface area contributed by atoms with E-state index < -0.39 is 0 Å². The minimum Gasteiger partial charge on any atom is -0.484 e. The molecule has 1 N–H and O–H groups in total. The Morgan fingerprint density at radius 1 is 1.30 bits per heavy atom. The summed E-state index contributed by atoms with van der Waals surface area (Å²) in [7, 11) is 0. The molecule has 4 nitrogen and oxygen atoms in total. The smallest absolute Gasteiger partial charge is 0.277 e. The van der Waals surface area contributed by atoms with Crippen LogP contribution in [0.25, 0.3) is 0 Å². The van der Waals surface area contributed by atoms with Gasteiger partial charge in [0.05, 0.1) is 5.71 Å². The van der Waals surface area contributed by atoms with Gasteiger partial charge in [-0.05, 0) is 48.4 Å². The lowest BCUT2D eigenvalue weighted by molar-refractivity contribution is -0.123. The van der Waals surface area contributed by atoms with Crippen LogP contribution in [-0.2, 0) is 4.79 Å². The summed E-state index contributed by atoms with van der Waals surface area (Å²) in [4.78, 5) is 12.8. The van der Waals surface area contributed by atoms with Crippen molar-refractivity contribution in [1.82, 2.24) is 5.43 Å². The van der Waals surface area contributed by atoms with Crippen molar-refractivity contribution in [2.75, 3.05) is 6.61 Å². The van der Waals surface area contributed by atoms with Crippen LogP contribution < -0.4 is 10.2 Å². The molecule has 2 aromatic rings. The average Bonchev–Trinajstić information content (AvgIpc) is 3.12. The van der Waals surface area contributed by atoms with Gasteiger partial charge >= 0.3 is 0 Å². The fourth-order valence-electron chi connectivity index (χ4n) is 2.00. The Bertz CT molecular complexity index is 648. The lowest BCUT2D eigenvalue weighted by Gasteiger charge is -2.10. The third-order valence-corrected chi connectivity index (χ3v) is 4.64. The fourth-order valence-corrected chi connectivity index (χ4v) is 2.67. The predicted molar refractivity (Wildman–Crippen MR) is 95.3 cm³/mol. The summed E-state index contributed by atoms with van der Waals surface area (Å²) in [5, 5.41) is 6.05. The van der Waals surface area contributed by atoms with E-state index in [2.05, 4.69) is 24.4 Å². The molecule has 23 heavy (non-hydrogen) atoms. The summed E-state index contributed by atoms with van der Waals surface area (Å²) in [5.41, 5.74) is 4.57. The number of hydrogen-bond acceptors (Lipinski definition) is 4. The SMILES string of the molecule is CCC(C)c1ccc(OCC(=O)NN=C(C)c2cccs2)cc1. The Balaban J connectivity index is 1.81. The van der Waals surface area contributed by atoms with E-state index in [-0.39, 0.29) is 12.5 Å². The normalized spacial score (nSPS) is 12.7. The standard InChI is InChI=1S/C18H22N2O2S/c1-4-13(2)15-7-9-16(10-8-15)22-12-18(21)20-19-14(3)17-6-5-11-23-17/h5-11,13H,4,12H2,1-3H3,(H,20,21). The number of rotatable bonds is 7. The number of carbonyl (C=O) groups excluding carboxylic acids is 1. The molecule has 1 unspecified atom stereocenters. The van der Waals surface area contributed by atoms with E-state index in [0.717, 1.165) is 17.0 Å². The number of nitrogens with zero attached hydrogens (tertiary/aromatic N) is 1. The van der Waals surface area contributed by atoms with Crippen molar-refractivity contribution in [2.24, 2.45) is 5.10 Å². The summed E-state index contributed by atoms with van der Waals surface area (Å²) in [6.07, 6.45) is 1.10. The van der Waals surface area contributed by atoms with Crippen molar-refractivity contribution < 1.29 is 9.53 Å². The van der Waals surface area contributed by atoms with Crippen molar-refractivity contribution in [1.29, 1.82) is 0 Å². The van der Waals surface area contributed by atoms with Gasteiger partial charge in [-0.25, -0.2) is 5.43 Å². The molecule has 1 aromatic carbocycles. The third-order valence-electron chi connectivity index (χ3n) is 3.66. The zero-order chi connectivity index (χ0) is 16.7. The van der Waals surface area contributed by atoms with Gasteiger partial charge in [0.15, 0.2) is 6.61 Å². The van der Waals surface area contributed by atoms with Crippen LogP contribution >= 0.6 is 11.3 Å². The van der Waals surface area contributed by atoms with Crippen LogP contribution in [0.5, 0.6) is 5.75 Å². The quantitative estimate of drug-likeness (QED) is 0.611. The van der Waals surface area contributed by atoms with Crippen molar-refractivity contribution in [2.45, 2.75) is 33.1 Å². The predicted octanol–water partition coefficient (Wildman–Crippen LogP) is 4.18. The third kappa shape index (κ3) is 5.21. The van der Waals surface area contributed by atoms with E-state index in [4.69, 9.17) is 4.74 Å². The van der Waals surface area contributed by atoms with Crippen LogP contribution in [0.3, 0.4) is 0 Å². The topological polar surface area (TPSA) is 50.7 Å². The molecule has 1 aromatic heterocycles. The van der Waals surface area contributed by atoms with Gasteiger partial charge in [-0.3, -0.25) is 4.79 Å². The van der Waals surface area contributed by atoms with Gasteiger partial charge < -0.3 is 4.74 Å². The Kier molecular flexibility index (Phi) is 6.35. The minimum atomic E-state index is -0.271. The number of amides is 1. The van der Waals surface area contributed by atoms with Gasteiger partial charge in [0.25, 0.3) is 5.91 Å². The number of hydrazone groups is 1. The lowest BCUT2D eigenvalue weighted by Crippen LogP contribution is -2.25. The Morgan fingerprint density at radius 3 is 2.65 bits per heavy atom. The maximum absolute atomic E-state index is 11.8. The van der Waals surface area contributed by atoms with Crippen molar-refractivity contribution in [3.05, 3.63) is 52.2 Å². The highest BCUT2D eigenvalue weighted by Gasteiger charge is 2.05. The molecule has 0 spiro atoms. The molecule has 122 valence electrons. The Labute approximate surface area is 141 Å². The molecule has 5 heteroatoms. The number of ether oxygens (including phenoxy) is 1. The zero-order valence-electron chi connectivity index (χ0n) is 13.7. The highest BCUT2D eigenvalue weighted by molar-refractivity contribution is 7.12. The maximum Gasteiger partial charge on any atom is 0.277 e. The van der Waals surface area contributed by atoms with E-state index in [1.165, 1.54) is 5.56 Å². The van der Waals surface area contributed by atoms with Crippen LogP contribution in [0.2, 0.25) is 0 Å². The first-order chi connectivity index (χ1) is 11.1. The summed E-state index contributed by atoms with van der Waals surface area (Å²) < 4.78 is 5.48. The Hall–Kier alpha value is -2.14. The second-order valence-corrected chi connectivity index (χ2v) is 6.32. The number of nitrogens with one attached hydrogen (secondary N) is 1. The van der Waals surface area contributed by atoms with E-state index in [9.17, 15) is 4.79 Å². The molecule has 0 fully saturated rings. The molecule has 0 saturated heterocycles. The first-order valence-corrected chi connectivity index (χ1v) is 8.58. The molecule has 1 heterocycles. The number of thiophene rings is 1. The van der Waals surface area contributed by atoms with Gasteiger partial charge in [0.1, 0.15) is 5.75 Å². The molecule has 0 aliphatic carbocycles. The molecule has 0 aliphatic heterocycles. The van der Waals surface area contributed by atoms with E-state index in [1.807, 2.05) is 48.7 Å². The number of carbonyl (C=O) groups is 1.